The van der Waals surface area contributed by atoms with Gasteiger partial charge >= 0.3 is 0 Å². The molecule has 3 aromatic rings. The van der Waals surface area contributed by atoms with E-state index < -0.39 is 5.91 Å². The number of carbonyl (C=O) groups excluding carboxylic acids is 1. The van der Waals surface area contributed by atoms with Gasteiger partial charge in [-0.25, -0.2) is 4.98 Å². The average Bonchev–Trinajstić information content (AvgIpc) is 2.97. The van der Waals surface area contributed by atoms with E-state index in [9.17, 15) is 9.59 Å². The van der Waals surface area contributed by atoms with Crippen molar-refractivity contribution in [1.29, 1.82) is 0 Å². The number of aromatic nitrogens is 2. The molecule has 2 heterocycles. The summed E-state index contributed by atoms with van der Waals surface area (Å²) in [6, 6.07) is 7.08. The number of nitrogens with two attached hydrogens (primary N) is 1. The lowest BCUT2D eigenvalue weighted by atomic mass is 9.98. The van der Waals surface area contributed by atoms with Gasteiger partial charge in [-0.05, 0) is 55.5 Å². The summed E-state index contributed by atoms with van der Waals surface area (Å²) in [4.78, 5) is 33.4. The highest BCUT2D eigenvalue weighted by Gasteiger charge is 2.18. The summed E-state index contributed by atoms with van der Waals surface area (Å²) >= 11 is 1.65. The third kappa shape index (κ3) is 3.73. The Labute approximate surface area is 160 Å². The third-order valence-corrected chi connectivity index (χ3v) is 6.02. The molecule has 0 saturated carbocycles. The van der Waals surface area contributed by atoms with Crippen LogP contribution in [0.3, 0.4) is 0 Å². The lowest BCUT2D eigenvalue weighted by molar-refractivity contribution is -0.119. The van der Waals surface area contributed by atoms with E-state index in [2.05, 4.69) is 4.98 Å². The molecule has 1 aromatic carbocycles. The number of primary amides is 1. The van der Waals surface area contributed by atoms with E-state index in [4.69, 9.17) is 15.5 Å². The highest BCUT2D eigenvalue weighted by atomic mass is 32.1. The van der Waals surface area contributed by atoms with Crippen molar-refractivity contribution >= 4 is 27.5 Å². The van der Waals surface area contributed by atoms with Gasteiger partial charge in [-0.3, -0.25) is 9.59 Å². The third-order valence-electron chi connectivity index (χ3n) is 4.83. The molecule has 0 saturated heterocycles. The lowest BCUT2D eigenvalue weighted by Crippen LogP contribution is -2.19. The van der Waals surface area contributed by atoms with Crippen LogP contribution in [0, 0.1) is 0 Å². The molecule has 0 radical (unpaired) electrons. The number of H-pyrrole nitrogens is 1. The quantitative estimate of drug-likeness (QED) is 0.723. The average molecular weight is 383 g/mol. The van der Waals surface area contributed by atoms with Gasteiger partial charge in [0.05, 0.1) is 5.39 Å². The Morgan fingerprint density at radius 1 is 1.15 bits per heavy atom. The van der Waals surface area contributed by atoms with Crippen molar-refractivity contribution in [2.45, 2.75) is 38.5 Å². The van der Waals surface area contributed by atoms with Crippen molar-refractivity contribution in [3.05, 3.63) is 45.1 Å². The Morgan fingerprint density at radius 3 is 2.63 bits per heavy atom. The minimum absolute atomic E-state index is 0.0675. The molecule has 0 spiro atoms. The molecule has 1 aliphatic carbocycles. The molecule has 0 aliphatic heterocycles. The standard InChI is InChI=1S/C20H21N3O3S/c21-16(24)11-26-13-9-7-12(8-10-13)18-22-19(25)17-14-5-3-1-2-4-6-15(14)27-20(17)23-18/h7-10H,1-6,11H2,(H2,21,24)(H,22,23,25). The maximum Gasteiger partial charge on any atom is 0.260 e. The first-order valence-electron chi connectivity index (χ1n) is 9.18. The van der Waals surface area contributed by atoms with Gasteiger partial charge in [-0.2, -0.15) is 0 Å². The molecule has 1 aliphatic rings. The van der Waals surface area contributed by atoms with Crippen LogP contribution in [0.25, 0.3) is 21.6 Å². The summed E-state index contributed by atoms with van der Waals surface area (Å²) < 4.78 is 5.27. The molecule has 7 heteroatoms. The van der Waals surface area contributed by atoms with E-state index >= 15 is 0 Å². The first kappa shape index (κ1) is 17.7. The number of aromatic amines is 1. The van der Waals surface area contributed by atoms with Crippen molar-refractivity contribution in [2.24, 2.45) is 5.73 Å². The van der Waals surface area contributed by atoms with Gasteiger partial charge in [0, 0.05) is 10.4 Å². The monoisotopic (exact) mass is 383 g/mol. The second-order valence-corrected chi connectivity index (χ2v) is 7.88. The van der Waals surface area contributed by atoms with Gasteiger partial charge in [-0.1, -0.05) is 12.8 Å². The fraction of sp³-hybridized carbons (Fsp3) is 0.350. The molecular formula is C20H21N3O3S. The number of amides is 1. The summed E-state index contributed by atoms with van der Waals surface area (Å²) in [5.74, 6) is 0.562. The van der Waals surface area contributed by atoms with Gasteiger partial charge in [0.15, 0.2) is 6.61 Å². The predicted octanol–water partition coefficient (Wildman–Crippen LogP) is 3.17. The van der Waals surface area contributed by atoms with Crippen LogP contribution in [-0.2, 0) is 17.6 Å². The highest BCUT2D eigenvalue weighted by Crippen LogP contribution is 2.33. The van der Waals surface area contributed by atoms with E-state index in [1.165, 1.54) is 29.7 Å². The zero-order valence-corrected chi connectivity index (χ0v) is 15.7. The van der Waals surface area contributed by atoms with Crippen LogP contribution in [0.5, 0.6) is 5.75 Å². The van der Waals surface area contributed by atoms with Crippen LogP contribution in [0.2, 0.25) is 0 Å². The van der Waals surface area contributed by atoms with E-state index in [1.54, 1.807) is 23.5 Å². The van der Waals surface area contributed by atoms with Crippen molar-refractivity contribution in [1.82, 2.24) is 9.97 Å². The van der Waals surface area contributed by atoms with Crippen molar-refractivity contribution in [3.8, 4) is 17.1 Å². The van der Waals surface area contributed by atoms with Gasteiger partial charge < -0.3 is 15.5 Å². The molecule has 4 rings (SSSR count). The van der Waals surface area contributed by atoms with Crippen LogP contribution < -0.4 is 16.0 Å². The number of aryl methyl sites for hydroxylation is 2. The van der Waals surface area contributed by atoms with Crippen molar-refractivity contribution < 1.29 is 9.53 Å². The Kier molecular flexibility index (Phi) is 4.94. The first-order valence-corrected chi connectivity index (χ1v) is 9.99. The topological polar surface area (TPSA) is 98.1 Å². The van der Waals surface area contributed by atoms with Crippen LogP contribution in [0.15, 0.2) is 29.1 Å². The molecule has 3 N–H and O–H groups in total. The number of thiophene rings is 1. The summed E-state index contributed by atoms with van der Waals surface area (Å²) in [6.45, 7) is -0.166. The van der Waals surface area contributed by atoms with Gasteiger partial charge in [0.25, 0.3) is 11.5 Å². The van der Waals surface area contributed by atoms with Crippen LogP contribution in [0.1, 0.15) is 36.1 Å². The summed E-state index contributed by atoms with van der Waals surface area (Å²) in [6.07, 6.45) is 6.80. The number of nitrogens with zero attached hydrogens (tertiary/aromatic N) is 1. The van der Waals surface area contributed by atoms with E-state index in [0.717, 1.165) is 35.0 Å². The number of rotatable bonds is 4. The minimum atomic E-state index is -0.524. The second-order valence-electron chi connectivity index (χ2n) is 6.79. The molecule has 6 nitrogen and oxygen atoms in total. The number of nitrogens with one attached hydrogen (secondary N) is 1. The maximum absolute atomic E-state index is 12.8. The Hall–Kier alpha value is -2.67. The zero-order valence-electron chi connectivity index (χ0n) is 14.9. The lowest BCUT2D eigenvalue weighted by Gasteiger charge is -2.09. The smallest absolute Gasteiger partial charge is 0.260 e. The van der Waals surface area contributed by atoms with Crippen molar-refractivity contribution in [3.63, 3.8) is 0 Å². The van der Waals surface area contributed by atoms with Crippen molar-refractivity contribution in [2.75, 3.05) is 6.61 Å². The normalized spacial score (nSPS) is 14.4. The van der Waals surface area contributed by atoms with Crippen LogP contribution in [0.4, 0.5) is 0 Å². The molecule has 0 fully saturated rings. The fourth-order valence-electron chi connectivity index (χ4n) is 3.52. The van der Waals surface area contributed by atoms with E-state index in [1.807, 2.05) is 12.1 Å². The first-order chi connectivity index (χ1) is 13.1. The van der Waals surface area contributed by atoms with Gasteiger partial charge in [0.2, 0.25) is 0 Å². The zero-order chi connectivity index (χ0) is 18.8. The molecule has 2 aromatic heterocycles. The molecule has 140 valence electrons. The Morgan fingerprint density at radius 2 is 1.89 bits per heavy atom. The Balaban J connectivity index is 1.69. The van der Waals surface area contributed by atoms with E-state index in [-0.39, 0.29) is 12.2 Å². The maximum atomic E-state index is 12.8. The molecule has 0 atom stereocenters. The fourth-order valence-corrected chi connectivity index (χ4v) is 4.78. The Bertz CT molecular complexity index is 1040. The molecule has 0 bridgehead atoms. The number of hydrogen-bond donors (Lipinski definition) is 2. The summed E-state index contributed by atoms with van der Waals surface area (Å²) in [5, 5.41) is 0.766. The van der Waals surface area contributed by atoms with Crippen LogP contribution >= 0.6 is 11.3 Å². The predicted molar refractivity (Wildman–Crippen MR) is 106 cm³/mol. The van der Waals surface area contributed by atoms with E-state index in [0.29, 0.717) is 11.6 Å². The number of fused-ring (bicyclic) bond motifs is 3. The molecular weight excluding hydrogens is 362 g/mol. The number of ether oxygens (including phenoxy) is 1. The van der Waals surface area contributed by atoms with Gasteiger partial charge in [0.1, 0.15) is 16.4 Å². The minimum Gasteiger partial charge on any atom is -0.484 e. The second kappa shape index (κ2) is 7.52. The highest BCUT2D eigenvalue weighted by molar-refractivity contribution is 7.18. The summed E-state index contributed by atoms with van der Waals surface area (Å²) in [5.41, 5.74) is 7.00. The van der Waals surface area contributed by atoms with Gasteiger partial charge in [-0.15, -0.1) is 11.3 Å². The SMILES string of the molecule is NC(=O)COc1ccc(-c2nc3sc4c(c3c(=O)[nH]2)CCCCCC4)cc1. The largest absolute Gasteiger partial charge is 0.484 e. The molecule has 0 unspecified atom stereocenters. The summed E-state index contributed by atoms with van der Waals surface area (Å²) in [7, 11) is 0. The molecule has 1 amide bonds. The molecule has 27 heavy (non-hydrogen) atoms. The van der Waals surface area contributed by atoms with Crippen LogP contribution in [-0.4, -0.2) is 22.5 Å². The number of carbonyl (C=O) groups is 1. The number of benzene rings is 1. The number of hydrogen-bond acceptors (Lipinski definition) is 5.